The molecule has 1 aromatic heterocycles. The van der Waals surface area contributed by atoms with E-state index in [1.807, 2.05) is 30.3 Å². The minimum Gasteiger partial charge on any atom is -0.325 e. The molecule has 1 heterocycles. The number of carbonyl (C=O) groups is 1. The monoisotopic (exact) mass is 413 g/mol. The average molecular weight is 414 g/mol. The summed E-state index contributed by atoms with van der Waals surface area (Å²) in [5.41, 5.74) is 2.33. The molecule has 0 aliphatic carbocycles. The molecule has 0 radical (unpaired) electrons. The minimum absolute atomic E-state index is 0.0819. The van der Waals surface area contributed by atoms with Gasteiger partial charge in [0.25, 0.3) is 5.56 Å². The van der Waals surface area contributed by atoms with Crippen molar-refractivity contribution in [2.24, 2.45) is 0 Å². The van der Waals surface area contributed by atoms with Crippen molar-refractivity contribution in [2.75, 3.05) is 5.32 Å². The second-order valence-electron chi connectivity index (χ2n) is 6.32. The number of halogens is 1. The van der Waals surface area contributed by atoms with E-state index in [9.17, 15) is 9.59 Å². The fraction of sp³-hybridized carbons (Fsp3) is 0.250. The lowest BCUT2D eigenvalue weighted by molar-refractivity contribution is -0.116. The zero-order valence-electron chi connectivity index (χ0n) is 14.7. The van der Waals surface area contributed by atoms with Crippen molar-refractivity contribution in [3.63, 3.8) is 0 Å². The van der Waals surface area contributed by atoms with Crippen molar-refractivity contribution in [1.82, 2.24) is 9.55 Å². The summed E-state index contributed by atoms with van der Waals surface area (Å²) in [4.78, 5) is 29.1. The first-order valence-electron chi connectivity index (χ1n) is 8.52. The molecule has 26 heavy (non-hydrogen) atoms. The molecule has 134 valence electrons. The fourth-order valence-electron chi connectivity index (χ4n) is 2.73. The van der Waals surface area contributed by atoms with Crippen LogP contribution in [-0.4, -0.2) is 15.5 Å². The first-order chi connectivity index (χ1) is 12.5. The molecular weight excluding hydrogens is 394 g/mol. The number of nitrogens with one attached hydrogen (secondary N) is 1. The van der Waals surface area contributed by atoms with Gasteiger partial charge in [-0.3, -0.25) is 14.2 Å². The summed E-state index contributed by atoms with van der Waals surface area (Å²) in [7, 11) is 0. The largest absolute Gasteiger partial charge is 0.325 e. The maximum atomic E-state index is 12.5. The van der Waals surface area contributed by atoms with Gasteiger partial charge in [0.15, 0.2) is 0 Å². The van der Waals surface area contributed by atoms with Crippen LogP contribution in [0.15, 0.2) is 58.1 Å². The Balaban J connectivity index is 1.75. The minimum atomic E-state index is -0.264. The van der Waals surface area contributed by atoms with Crippen LogP contribution in [-0.2, 0) is 11.3 Å². The molecule has 0 fully saturated rings. The van der Waals surface area contributed by atoms with Crippen LogP contribution >= 0.6 is 15.9 Å². The summed E-state index contributed by atoms with van der Waals surface area (Å²) in [5.74, 6) is 0.223. The van der Waals surface area contributed by atoms with E-state index in [0.717, 1.165) is 10.9 Å². The molecule has 0 aliphatic rings. The number of anilines is 1. The van der Waals surface area contributed by atoms with Crippen LogP contribution in [0.3, 0.4) is 0 Å². The third kappa shape index (κ3) is 4.02. The van der Waals surface area contributed by atoms with E-state index in [0.29, 0.717) is 22.5 Å². The maximum absolute atomic E-state index is 12.5. The molecule has 0 unspecified atom stereocenters. The molecule has 0 aliphatic heterocycles. The van der Waals surface area contributed by atoms with Crippen molar-refractivity contribution in [2.45, 2.75) is 32.7 Å². The van der Waals surface area contributed by atoms with Crippen LogP contribution in [0.1, 0.15) is 31.7 Å². The van der Waals surface area contributed by atoms with Crippen LogP contribution in [0.2, 0.25) is 0 Å². The lowest BCUT2D eigenvalue weighted by Crippen LogP contribution is -2.27. The normalized spacial score (nSPS) is 12.1. The molecule has 3 rings (SSSR count). The van der Waals surface area contributed by atoms with Crippen LogP contribution in [0, 0.1) is 0 Å². The molecule has 1 N–H and O–H groups in total. The Bertz CT molecular complexity index is 996. The number of hydrogen-bond acceptors (Lipinski definition) is 3. The van der Waals surface area contributed by atoms with Crippen LogP contribution in [0.5, 0.6) is 0 Å². The van der Waals surface area contributed by atoms with Crippen molar-refractivity contribution in [1.29, 1.82) is 0 Å². The Morgan fingerprint density at radius 1 is 1.23 bits per heavy atom. The number of amides is 1. The lowest BCUT2D eigenvalue weighted by atomic mass is 9.99. The van der Waals surface area contributed by atoms with Gasteiger partial charge in [-0.15, -0.1) is 0 Å². The topological polar surface area (TPSA) is 64.0 Å². The van der Waals surface area contributed by atoms with Crippen LogP contribution in [0.25, 0.3) is 10.9 Å². The van der Waals surface area contributed by atoms with Gasteiger partial charge in [-0.25, -0.2) is 4.98 Å². The molecule has 3 aromatic rings. The van der Waals surface area contributed by atoms with E-state index in [1.54, 1.807) is 12.1 Å². The smallest absolute Gasteiger partial charge is 0.261 e. The van der Waals surface area contributed by atoms with E-state index in [2.05, 4.69) is 40.1 Å². The van der Waals surface area contributed by atoms with Crippen LogP contribution < -0.4 is 10.9 Å². The van der Waals surface area contributed by atoms with E-state index < -0.39 is 0 Å². The predicted octanol–water partition coefficient (Wildman–Crippen LogP) is 4.31. The molecule has 1 atom stereocenters. The third-order valence-electron chi connectivity index (χ3n) is 4.48. The number of aromatic nitrogens is 2. The Kier molecular flexibility index (Phi) is 5.52. The molecule has 0 saturated carbocycles. The highest BCUT2D eigenvalue weighted by atomic mass is 79.9. The Morgan fingerprint density at radius 2 is 1.96 bits per heavy atom. The Hall–Kier alpha value is -2.47. The van der Waals surface area contributed by atoms with E-state index in [4.69, 9.17) is 0 Å². The van der Waals surface area contributed by atoms with Gasteiger partial charge in [0.05, 0.1) is 17.2 Å². The van der Waals surface area contributed by atoms with Gasteiger partial charge >= 0.3 is 0 Å². The van der Waals surface area contributed by atoms with E-state index in [-0.39, 0.29) is 18.0 Å². The molecule has 0 spiro atoms. The molecule has 0 saturated heterocycles. The quantitative estimate of drug-likeness (QED) is 0.677. The van der Waals surface area contributed by atoms with Gasteiger partial charge in [0.2, 0.25) is 5.91 Å². The number of hydrogen-bond donors (Lipinski definition) is 1. The van der Waals surface area contributed by atoms with Crippen molar-refractivity contribution < 1.29 is 4.79 Å². The Morgan fingerprint density at radius 3 is 2.65 bits per heavy atom. The molecule has 1 amide bonds. The van der Waals surface area contributed by atoms with Gasteiger partial charge in [-0.1, -0.05) is 41.9 Å². The number of nitrogens with zero attached hydrogens (tertiary/aromatic N) is 2. The van der Waals surface area contributed by atoms with Crippen molar-refractivity contribution in [3.8, 4) is 0 Å². The van der Waals surface area contributed by atoms with Gasteiger partial charge in [-0.05, 0) is 48.2 Å². The van der Waals surface area contributed by atoms with Gasteiger partial charge in [0.1, 0.15) is 6.54 Å². The summed E-state index contributed by atoms with van der Waals surface area (Å²) in [6.45, 7) is 4.24. The lowest BCUT2D eigenvalue weighted by Gasteiger charge is -2.11. The SMILES string of the molecule is CC[C@H](C)c1ccc(NC(=O)Cn2cnc3ccc(Br)cc3c2=O)cc1. The van der Waals surface area contributed by atoms with Crippen molar-refractivity contribution in [3.05, 3.63) is 69.2 Å². The summed E-state index contributed by atoms with van der Waals surface area (Å²) in [5, 5.41) is 3.30. The highest BCUT2D eigenvalue weighted by Crippen LogP contribution is 2.20. The molecular formula is C20H20BrN3O2. The summed E-state index contributed by atoms with van der Waals surface area (Å²) < 4.78 is 2.12. The van der Waals surface area contributed by atoms with E-state index >= 15 is 0 Å². The van der Waals surface area contributed by atoms with Gasteiger partial charge < -0.3 is 5.32 Å². The number of rotatable bonds is 5. The zero-order valence-corrected chi connectivity index (χ0v) is 16.3. The molecule has 5 nitrogen and oxygen atoms in total. The number of fused-ring (bicyclic) bond motifs is 1. The highest BCUT2D eigenvalue weighted by Gasteiger charge is 2.09. The third-order valence-corrected chi connectivity index (χ3v) is 4.97. The molecule has 6 heteroatoms. The second kappa shape index (κ2) is 7.83. The first kappa shape index (κ1) is 18.3. The number of carbonyl (C=O) groups excluding carboxylic acids is 1. The van der Waals surface area contributed by atoms with Crippen LogP contribution in [0.4, 0.5) is 5.69 Å². The molecule has 2 aromatic carbocycles. The summed E-state index contributed by atoms with van der Waals surface area (Å²) in [6.07, 6.45) is 2.48. The fourth-order valence-corrected chi connectivity index (χ4v) is 3.09. The maximum Gasteiger partial charge on any atom is 0.261 e. The Labute approximate surface area is 160 Å². The molecule has 0 bridgehead atoms. The van der Waals surface area contributed by atoms with Crippen molar-refractivity contribution >= 4 is 38.4 Å². The standard InChI is InChI=1S/C20H20BrN3O2/c1-3-13(2)14-4-7-16(8-5-14)23-19(25)11-24-12-22-18-9-6-15(21)10-17(18)20(24)26/h4-10,12-13H,3,11H2,1-2H3,(H,23,25)/t13-/m0/s1. The summed E-state index contributed by atoms with van der Waals surface area (Å²) in [6, 6.07) is 13.1. The number of benzene rings is 2. The van der Waals surface area contributed by atoms with Gasteiger partial charge in [0, 0.05) is 10.2 Å². The van der Waals surface area contributed by atoms with E-state index in [1.165, 1.54) is 16.5 Å². The first-order valence-corrected chi connectivity index (χ1v) is 9.31. The average Bonchev–Trinajstić information content (AvgIpc) is 2.64. The predicted molar refractivity (Wildman–Crippen MR) is 107 cm³/mol. The van der Waals surface area contributed by atoms with Gasteiger partial charge in [-0.2, -0.15) is 0 Å². The zero-order chi connectivity index (χ0) is 18.7. The highest BCUT2D eigenvalue weighted by molar-refractivity contribution is 9.10. The summed E-state index contributed by atoms with van der Waals surface area (Å²) >= 11 is 3.35. The second-order valence-corrected chi connectivity index (χ2v) is 7.23.